The van der Waals surface area contributed by atoms with Crippen LogP contribution < -0.4 is 4.74 Å². The van der Waals surface area contributed by atoms with E-state index in [2.05, 4.69) is 4.98 Å². The number of nitrogens with zero attached hydrogens (tertiary/aromatic N) is 2. The molecule has 0 saturated heterocycles. The fourth-order valence-electron chi connectivity index (χ4n) is 1.34. The highest BCUT2D eigenvalue weighted by atomic mass is 16.5. The van der Waals surface area contributed by atoms with E-state index < -0.39 is 0 Å². The van der Waals surface area contributed by atoms with Crippen LogP contribution in [0.1, 0.15) is 5.69 Å². The molecule has 13 heavy (non-hydrogen) atoms. The molecule has 0 aliphatic rings. The first kappa shape index (κ1) is 8.07. The summed E-state index contributed by atoms with van der Waals surface area (Å²) in [5, 5.41) is 9.03. The highest BCUT2D eigenvalue weighted by Gasteiger charge is 2.05. The van der Waals surface area contributed by atoms with Crippen molar-refractivity contribution in [1.82, 2.24) is 9.38 Å². The lowest BCUT2D eigenvalue weighted by Crippen LogP contribution is -1.97. The van der Waals surface area contributed by atoms with Crippen LogP contribution in [0.2, 0.25) is 0 Å². The van der Waals surface area contributed by atoms with Gasteiger partial charge in [-0.25, -0.2) is 4.98 Å². The Hall–Kier alpha value is -1.55. The zero-order chi connectivity index (χ0) is 9.26. The molecule has 2 aromatic rings. The third-order valence-corrected chi connectivity index (χ3v) is 1.94. The first-order valence-corrected chi connectivity index (χ1v) is 3.97. The van der Waals surface area contributed by atoms with Crippen LogP contribution in [0.3, 0.4) is 0 Å². The number of rotatable bonds is 2. The maximum atomic E-state index is 9.03. The zero-order valence-corrected chi connectivity index (χ0v) is 7.27. The average molecular weight is 178 g/mol. The van der Waals surface area contributed by atoms with E-state index >= 15 is 0 Å². The van der Waals surface area contributed by atoms with Gasteiger partial charge >= 0.3 is 0 Å². The molecule has 0 atom stereocenters. The smallest absolute Gasteiger partial charge is 0.199 e. The lowest BCUT2D eigenvalue weighted by Gasteiger charge is -2.04. The topological polar surface area (TPSA) is 46.8 Å². The Morgan fingerprint density at radius 1 is 1.54 bits per heavy atom. The fraction of sp³-hybridized carbons (Fsp3) is 0.222. The molecule has 0 aromatic carbocycles. The van der Waals surface area contributed by atoms with Gasteiger partial charge in [-0.3, -0.25) is 4.40 Å². The summed E-state index contributed by atoms with van der Waals surface area (Å²) in [5.41, 5.74) is 1.51. The number of imidazole rings is 1. The second-order valence-corrected chi connectivity index (χ2v) is 2.67. The summed E-state index contributed by atoms with van der Waals surface area (Å²) in [6.45, 7) is -0.0401. The van der Waals surface area contributed by atoms with Crippen molar-refractivity contribution in [2.45, 2.75) is 6.61 Å². The number of hydrogen-bond donors (Lipinski definition) is 1. The molecule has 0 unspecified atom stereocenters. The van der Waals surface area contributed by atoms with Gasteiger partial charge in [0.05, 0.1) is 25.6 Å². The van der Waals surface area contributed by atoms with Crippen molar-refractivity contribution in [1.29, 1.82) is 0 Å². The summed E-state index contributed by atoms with van der Waals surface area (Å²) in [7, 11) is 1.59. The van der Waals surface area contributed by atoms with Crippen molar-refractivity contribution < 1.29 is 9.84 Å². The quantitative estimate of drug-likeness (QED) is 0.741. The van der Waals surface area contributed by atoms with E-state index in [1.165, 1.54) is 0 Å². The normalized spacial score (nSPS) is 10.6. The van der Waals surface area contributed by atoms with Gasteiger partial charge in [0.25, 0.3) is 0 Å². The molecule has 0 amide bonds. The molecule has 2 aromatic heterocycles. The van der Waals surface area contributed by atoms with Gasteiger partial charge in [-0.05, 0) is 12.1 Å². The third-order valence-electron chi connectivity index (χ3n) is 1.94. The molecular formula is C9H10N2O2. The minimum Gasteiger partial charge on any atom is -0.482 e. The Morgan fingerprint density at radius 3 is 3.08 bits per heavy atom. The van der Waals surface area contributed by atoms with E-state index in [1.807, 2.05) is 18.2 Å². The lowest BCUT2D eigenvalue weighted by atomic mass is 10.4. The predicted octanol–water partition coefficient (Wildman–Crippen LogP) is 0.835. The number of hydrogen-bond acceptors (Lipinski definition) is 3. The van der Waals surface area contributed by atoms with Crippen LogP contribution in [0.15, 0.2) is 24.4 Å². The molecule has 0 aliphatic heterocycles. The van der Waals surface area contributed by atoms with Crippen LogP contribution in [0.5, 0.6) is 5.88 Å². The van der Waals surface area contributed by atoms with E-state index in [-0.39, 0.29) is 6.61 Å². The molecule has 0 spiro atoms. The van der Waals surface area contributed by atoms with Gasteiger partial charge in [-0.15, -0.1) is 0 Å². The largest absolute Gasteiger partial charge is 0.482 e. The molecule has 0 saturated carbocycles. The van der Waals surface area contributed by atoms with Crippen LogP contribution >= 0.6 is 0 Å². The molecule has 4 heteroatoms. The Bertz CT molecular complexity index is 422. The average Bonchev–Trinajstić information content (AvgIpc) is 2.60. The number of fused-ring (bicyclic) bond motifs is 1. The number of aliphatic hydroxyl groups excluding tert-OH is 1. The van der Waals surface area contributed by atoms with Gasteiger partial charge < -0.3 is 9.84 Å². The second-order valence-electron chi connectivity index (χ2n) is 2.67. The van der Waals surface area contributed by atoms with Crippen molar-refractivity contribution in [3.05, 3.63) is 30.1 Å². The van der Waals surface area contributed by atoms with Crippen molar-refractivity contribution in [2.24, 2.45) is 0 Å². The maximum Gasteiger partial charge on any atom is 0.199 e. The molecule has 4 nitrogen and oxygen atoms in total. The lowest BCUT2D eigenvalue weighted by molar-refractivity contribution is 0.273. The van der Waals surface area contributed by atoms with Crippen LogP contribution in [0.4, 0.5) is 0 Å². The molecule has 0 fully saturated rings. The highest BCUT2D eigenvalue weighted by Crippen LogP contribution is 2.16. The Kier molecular flexibility index (Phi) is 1.90. The number of aliphatic hydroxyl groups is 1. The predicted molar refractivity (Wildman–Crippen MR) is 47.7 cm³/mol. The summed E-state index contributed by atoms with van der Waals surface area (Å²) in [5.74, 6) is 0.680. The first-order valence-electron chi connectivity index (χ1n) is 3.97. The highest BCUT2D eigenvalue weighted by molar-refractivity contribution is 5.44. The SMILES string of the molecule is COc1cccc2ncc(CO)n12. The summed E-state index contributed by atoms with van der Waals surface area (Å²) in [6.07, 6.45) is 1.64. The van der Waals surface area contributed by atoms with Gasteiger partial charge in [0, 0.05) is 0 Å². The number of methoxy groups -OCH3 is 1. The summed E-state index contributed by atoms with van der Waals surface area (Å²) in [4.78, 5) is 4.12. The standard InChI is InChI=1S/C9H10N2O2/c1-13-9-4-2-3-8-10-5-7(6-12)11(8)9/h2-5,12H,6H2,1H3. The van der Waals surface area contributed by atoms with Gasteiger partial charge in [0.1, 0.15) is 5.65 Å². The molecule has 68 valence electrons. The van der Waals surface area contributed by atoms with Crippen LogP contribution in [-0.4, -0.2) is 21.6 Å². The molecule has 1 N–H and O–H groups in total. The van der Waals surface area contributed by atoms with Crippen molar-refractivity contribution in [3.63, 3.8) is 0 Å². The van der Waals surface area contributed by atoms with E-state index in [0.717, 1.165) is 11.3 Å². The number of ether oxygens (including phenoxy) is 1. The zero-order valence-electron chi connectivity index (χ0n) is 7.27. The van der Waals surface area contributed by atoms with E-state index in [1.54, 1.807) is 17.7 Å². The van der Waals surface area contributed by atoms with Gasteiger partial charge in [-0.1, -0.05) is 6.07 Å². The number of aromatic nitrogens is 2. The minimum atomic E-state index is -0.0401. The minimum absolute atomic E-state index is 0.0401. The van der Waals surface area contributed by atoms with Gasteiger partial charge in [0.15, 0.2) is 5.88 Å². The third kappa shape index (κ3) is 1.15. The number of pyridine rings is 1. The first-order chi connectivity index (χ1) is 6.36. The van der Waals surface area contributed by atoms with Crippen molar-refractivity contribution >= 4 is 5.65 Å². The second kappa shape index (κ2) is 3.06. The monoisotopic (exact) mass is 178 g/mol. The van der Waals surface area contributed by atoms with E-state index in [0.29, 0.717) is 5.88 Å². The van der Waals surface area contributed by atoms with E-state index in [9.17, 15) is 0 Å². The summed E-state index contributed by atoms with van der Waals surface area (Å²) in [6, 6.07) is 5.55. The Morgan fingerprint density at radius 2 is 2.38 bits per heavy atom. The molecule has 0 aliphatic carbocycles. The Labute approximate surface area is 75.4 Å². The molecule has 0 bridgehead atoms. The molecule has 0 radical (unpaired) electrons. The van der Waals surface area contributed by atoms with Crippen LogP contribution in [0, 0.1) is 0 Å². The van der Waals surface area contributed by atoms with Crippen molar-refractivity contribution in [2.75, 3.05) is 7.11 Å². The summed E-state index contributed by atoms with van der Waals surface area (Å²) < 4.78 is 6.92. The van der Waals surface area contributed by atoms with Gasteiger partial charge in [0.2, 0.25) is 0 Å². The van der Waals surface area contributed by atoms with E-state index in [4.69, 9.17) is 9.84 Å². The molecular weight excluding hydrogens is 168 g/mol. The Balaban J connectivity index is 2.76. The van der Waals surface area contributed by atoms with Crippen LogP contribution in [-0.2, 0) is 6.61 Å². The summed E-state index contributed by atoms with van der Waals surface area (Å²) >= 11 is 0. The molecule has 2 heterocycles. The van der Waals surface area contributed by atoms with Crippen molar-refractivity contribution in [3.8, 4) is 5.88 Å². The van der Waals surface area contributed by atoms with Crippen LogP contribution in [0.25, 0.3) is 5.65 Å². The molecule has 2 rings (SSSR count). The maximum absolute atomic E-state index is 9.03. The fourth-order valence-corrected chi connectivity index (χ4v) is 1.34. The van der Waals surface area contributed by atoms with Gasteiger partial charge in [-0.2, -0.15) is 0 Å².